The second-order valence-corrected chi connectivity index (χ2v) is 6.14. The van der Waals surface area contributed by atoms with Gasteiger partial charge in [0.15, 0.2) is 0 Å². The van der Waals surface area contributed by atoms with E-state index in [1.54, 1.807) is 25.3 Å². The van der Waals surface area contributed by atoms with Crippen molar-refractivity contribution in [2.75, 3.05) is 13.7 Å². The normalized spacial score (nSPS) is 19.4. The molecule has 2 aromatic rings. The second kappa shape index (κ2) is 7.68. The first-order chi connectivity index (χ1) is 11.7. The lowest BCUT2D eigenvalue weighted by atomic mass is 10.0. The van der Waals surface area contributed by atoms with Crippen LogP contribution in [-0.2, 0) is 6.54 Å². The number of ether oxygens (including phenoxy) is 1. The molecule has 1 aromatic heterocycles. The first-order valence-corrected chi connectivity index (χ1v) is 8.20. The Morgan fingerprint density at radius 3 is 2.71 bits per heavy atom. The van der Waals surface area contributed by atoms with Crippen LogP contribution in [0.4, 0.5) is 4.39 Å². The fourth-order valence-electron chi connectivity index (χ4n) is 3.20. The molecule has 1 aliphatic rings. The molecule has 6 heteroatoms. The van der Waals surface area contributed by atoms with E-state index in [0.29, 0.717) is 18.8 Å². The molecule has 128 valence electrons. The molecule has 0 spiro atoms. The SMILES string of the molecule is COc1ccc(CN2CCC[C@H]2C[C@@H](O)c2ccc(F)cc2)nn1. The van der Waals surface area contributed by atoms with Crippen molar-refractivity contribution in [1.82, 2.24) is 15.1 Å². The van der Waals surface area contributed by atoms with E-state index in [1.807, 2.05) is 6.07 Å². The van der Waals surface area contributed by atoms with E-state index >= 15 is 0 Å². The zero-order valence-corrected chi connectivity index (χ0v) is 13.7. The van der Waals surface area contributed by atoms with Crippen molar-refractivity contribution in [2.45, 2.75) is 38.0 Å². The number of aliphatic hydroxyl groups is 1. The fourth-order valence-corrected chi connectivity index (χ4v) is 3.20. The topological polar surface area (TPSA) is 58.5 Å². The third kappa shape index (κ3) is 4.07. The van der Waals surface area contributed by atoms with Crippen molar-refractivity contribution in [1.29, 1.82) is 0 Å². The molecule has 0 saturated carbocycles. The largest absolute Gasteiger partial charge is 0.480 e. The van der Waals surface area contributed by atoms with Crippen LogP contribution in [0.3, 0.4) is 0 Å². The van der Waals surface area contributed by atoms with E-state index in [9.17, 15) is 9.50 Å². The van der Waals surface area contributed by atoms with Crippen LogP contribution in [-0.4, -0.2) is 39.9 Å². The highest BCUT2D eigenvalue weighted by Gasteiger charge is 2.27. The Bertz CT molecular complexity index is 648. The Labute approximate surface area is 141 Å². The maximum Gasteiger partial charge on any atom is 0.233 e. The fraction of sp³-hybridized carbons (Fsp3) is 0.444. The molecule has 0 aliphatic carbocycles. The molecule has 5 nitrogen and oxygen atoms in total. The Morgan fingerprint density at radius 1 is 1.25 bits per heavy atom. The van der Waals surface area contributed by atoms with Crippen LogP contribution in [0.15, 0.2) is 36.4 Å². The number of halogens is 1. The third-order valence-electron chi connectivity index (χ3n) is 4.52. The van der Waals surface area contributed by atoms with Crippen LogP contribution >= 0.6 is 0 Å². The highest BCUT2D eigenvalue weighted by molar-refractivity contribution is 5.19. The summed E-state index contributed by atoms with van der Waals surface area (Å²) in [6, 6.07) is 10.1. The summed E-state index contributed by atoms with van der Waals surface area (Å²) in [6.07, 6.45) is 2.19. The summed E-state index contributed by atoms with van der Waals surface area (Å²) in [7, 11) is 1.57. The molecule has 1 aliphatic heterocycles. The Hall–Kier alpha value is -2.05. The molecule has 0 bridgehead atoms. The summed E-state index contributed by atoms with van der Waals surface area (Å²) >= 11 is 0. The van der Waals surface area contributed by atoms with E-state index in [-0.39, 0.29) is 11.9 Å². The van der Waals surface area contributed by atoms with Crippen molar-refractivity contribution in [3.8, 4) is 5.88 Å². The van der Waals surface area contributed by atoms with Crippen molar-refractivity contribution >= 4 is 0 Å². The van der Waals surface area contributed by atoms with Gasteiger partial charge in [-0.05, 0) is 49.6 Å². The summed E-state index contributed by atoms with van der Waals surface area (Å²) in [5, 5.41) is 18.6. The molecule has 0 amide bonds. The minimum Gasteiger partial charge on any atom is -0.480 e. The molecule has 0 radical (unpaired) electrons. The highest BCUT2D eigenvalue weighted by atomic mass is 19.1. The number of nitrogens with zero attached hydrogens (tertiary/aromatic N) is 3. The van der Waals surface area contributed by atoms with Gasteiger partial charge in [-0.1, -0.05) is 12.1 Å². The molecule has 2 heterocycles. The second-order valence-electron chi connectivity index (χ2n) is 6.14. The van der Waals surface area contributed by atoms with Gasteiger partial charge in [0.2, 0.25) is 5.88 Å². The molecule has 1 fully saturated rings. The van der Waals surface area contributed by atoms with Gasteiger partial charge in [0.1, 0.15) is 5.82 Å². The zero-order chi connectivity index (χ0) is 16.9. The number of hydrogen-bond donors (Lipinski definition) is 1. The first-order valence-electron chi connectivity index (χ1n) is 8.20. The third-order valence-corrected chi connectivity index (χ3v) is 4.52. The number of aliphatic hydroxyl groups excluding tert-OH is 1. The summed E-state index contributed by atoms with van der Waals surface area (Å²) < 4.78 is 18.0. The van der Waals surface area contributed by atoms with E-state index in [0.717, 1.165) is 30.6 Å². The lowest BCUT2D eigenvalue weighted by molar-refractivity contribution is 0.117. The smallest absolute Gasteiger partial charge is 0.233 e. The minimum absolute atomic E-state index is 0.286. The summed E-state index contributed by atoms with van der Waals surface area (Å²) in [4.78, 5) is 2.32. The van der Waals surface area contributed by atoms with E-state index in [4.69, 9.17) is 4.74 Å². The van der Waals surface area contributed by atoms with Gasteiger partial charge in [0.05, 0.1) is 18.9 Å². The van der Waals surface area contributed by atoms with Gasteiger partial charge in [-0.15, -0.1) is 5.10 Å². The minimum atomic E-state index is -0.585. The Balaban J connectivity index is 1.61. The highest BCUT2D eigenvalue weighted by Crippen LogP contribution is 2.28. The van der Waals surface area contributed by atoms with Gasteiger partial charge in [-0.2, -0.15) is 5.10 Å². The summed E-state index contributed by atoms with van der Waals surface area (Å²) in [6.45, 7) is 1.69. The van der Waals surface area contributed by atoms with Crippen LogP contribution < -0.4 is 4.74 Å². The van der Waals surface area contributed by atoms with Crippen molar-refractivity contribution in [2.24, 2.45) is 0 Å². The Morgan fingerprint density at radius 2 is 2.04 bits per heavy atom. The van der Waals surface area contributed by atoms with Crippen molar-refractivity contribution in [3.63, 3.8) is 0 Å². The summed E-state index contributed by atoms with van der Waals surface area (Å²) in [5.74, 6) is 0.218. The number of likely N-dealkylation sites (tertiary alicyclic amines) is 1. The van der Waals surface area contributed by atoms with Gasteiger partial charge in [0.25, 0.3) is 0 Å². The van der Waals surface area contributed by atoms with Gasteiger partial charge < -0.3 is 9.84 Å². The molecule has 1 saturated heterocycles. The maximum atomic E-state index is 13.0. The summed E-state index contributed by atoms with van der Waals surface area (Å²) in [5.41, 5.74) is 1.64. The molecule has 1 N–H and O–H groups in total. The first kappa shape index (κ1) is 16.8. The van der Waals surface area contributed by atoms with Gasteiger partial charge in [0, 0.05) is 18.7 Å². The monoisotopic (exact) mass is 331 g/mol. The lowest BCUT2D eigenvalue weighted by Gasteiger charge is -2.26. The van der Waals surface area contributed by atoms with E-state index in [1.165, 1.54) is 12.1 Å². The average molecular weight is 331 g/mol. The number of aromatic nitrogens is 2. The lowest BCUT2D eigenvalue weighted by Crippen LogP contribution is -2.30. The van der Waals surface area contributed by atoms with Gasteiger partial charge >= 0.3 is 0 Å². The van der Waals surface area contributed by atoms with Crippen LogP contribution in [0.25, 0.3) is 0 Å². The van der Waals surface area contributed by atoms with Crippen LogP contribution in [0.5, 0.6) is 5.88 Å². The predicted octanol–water partition coefficient (Wildman–Crippen LogP) is 2.71. The van der Waals surface area contributed by atoms with Crippen molar-refractivity contribution < 1.29 is 14.2 Å². The molecular weight excluding hydrogens is 309 g/mol. The zero-order valence-electron chi connectivity index (χ0n) is 13.7. The quantitative estimate of drug-likeness (QED) is 0.882. The van der Waals surface area contributed by atoms with E-state index < -0.39 is 6.10 Å². The van der Waals surface area contributed by atoms with Crippen LogP contribution in [0.1, 0.15) is 36.6 Å². The van der Waals surface area contributed by atoms with Gasteiger partial charge in [-0.25, -0.2) is 4.39 Å². The van der Waals surface area contributed by atoms with E-state index in [2.05, 4.69) is 15.1 Å². The van der Waals surface area contributed by atoms with Crippen LogP contribution in [0, 0.1) is 5.82 Å². The predicted molar refractivity (Wildman–Crippen MR) is 88.0 cm³/mol. The number of hydrogen-bond acceptors (Lipinski definition) is 5. The number of benzene rings is 1. The Kier molecular flexibility index (Phi) is 5.37. The molecule has 3 rings (SSSR count). The number of methoxy groups -OCH3 is 1. The molecular formula is C18H22FN3O2. The molecule has 24 heavy (non-hydrogen) atoms. The van der Waals surface area contributed by atoms with Crippen molar-refractivity contribution in [3.05, 3.63) is 53.5 Å². The molecule has 2 atom stereocenters. The van der Waals surface area contributed by atoms with Crippen LogP contribution in [0.2, 0.25) is 0 Å². The average Bonchev–Trinajstić information content (AvgIpc) is 3.03. The van der Waals surface area contributed by atoms with Gasteiger partial charge in [-0.3, -0.25) is 4.90 Å². The standard InChI is InChI=1S/C18H22FN3O2/c1-24-18-9-8-15(20-21-18)12-22-10-2-3-16(22)11-17(23)13-4-6-14(19)7-5-13/h4-9,16-17,23H,2-3,10-12H2,1H3/t16-,17+/m0/s1. The number of rotatable bonds is 6. The molecule has 1 aromatic carbocycles. The molecule has 0 unspecified atom stereocenters. The maximum absolute atomic E-state index is 13.0.